The molecule has 0 atom stereocenters. The molecule has 1 rings (SSSR count). The third-order valence-corrected chi connectivity index (χ3v) is 0.988. The molecule has 0 N–H and O–H groups in total. The molecule has 0 saturated heterocycles. The van der Waals surface area contributed by atoms with Gasteiger partial charge in [0.25, 0.3) is 0 Å². The lowest BCUT2D eigenvalue weighted by molar-refractivity contribution is 0.564. The summed E-state index contributed by atoms with van der Waals surface area (Å²) in [5.74, 6) is 0. The summed E-state index contributed by atoms with van der Waals surface area (Å²) >= 11 is 0. The molecular weight excluding hydrogens is 148 g/mol. The van der Waals surface area contributed by atoms with Crippen LogP contribution < -0.4 is 0 Å². The first-order valence-corrected chi connectivity index (χ1v) is 4.86. The van der Waals surface area contributed by atoms with Crippen LogP contribution in [0.3, 0.4) is 0 Å². The molecule has 0 fully saturated rings. The zero-order chi connectivity index (χ0) is 9.82. The van der Waals surface area contributed by atoms with E-state index in [9.17, 15) is 0 Å². The predicted molar refractivity (Wildman–Crippen MR) is 55.4 cm³/mol. The van der Waals surface area contributed by atoms with Crippen molar-refractivity contribution in [3.63, 3.8) is 0 Å². The topological polar surface area (TPSA) is 13.1 Å². The highest BCUT2D eigenvalue weighted by atomic mass is 16.3. The summed E-state index contributed by atoms with van der Waals surface area (Å²) in [4.78, 5) is 0. The Bertz CT molecular complexity index is 131. The van der Waals surface area contributed by atoms with Gasteiger partial charge in [0, 0.05) is 0 Å². The van der Waals surface area contributed by atoms with Crippen molar-refractivity contribution >= 4 is 0 Å². The first kappa shape index (κ1) is 13.8. The number of hydrogen-bond donors (Lipinski definition) is 0. The average molecular weight is 170 g/mol. The van der Waals surface area contributed by atoms with Crippen molar-refractivity contribution in [3.05, 3.63) is 24.2 Å². The highest BCUT2D eigenvalue weighted by Crippen LogP contribution is 1.98. The zero-order valence-electron chi connectivity index (χ0n) is 9.05. The maximum absolute atomic E-state index is 4.81. The van der Waals surface area contributed by atoms with Crippen LogP contribution in [0.25, 0.3) is 0 Å². The zero-order valence-corrected chi connectivity index (χ0v) is 9.05. The largest absolute Gasteiger partial charge is 0.472 e. The molecule has 0 aliphatic heterocycles. The molecule has 0 radical (unpaired) electrons. The van der Waals surface area contributed by atoms with Gasteiger partial charge >= 0.3 is 0 Å². The van der Waals surface area contributed by atoms with Crippen LogP contribution >= 0.6 is 0 Å². The first-order chi connectivity index (χ1) is 5.85. The van der Waals surface area contributed by atoms with E-state index in [0.29, 0.717) is 0 Å². The van der Waals surface area contributed by atoms with E-state index < -0.39 is 0 Å². The van der Waals surface area contributed by atoms with Gasteiger partial charge in [0.05, 0.1) is 12.5 Å². The molecule has 1 heteroatoms. The minimum absolute atomic E-state index is 1.07. The summed E-state index contributed by atoms with van der Waals surface area (Å²) in [6, 6.07) is 1.97. The predicted octanol–water partition coefficient (Wildman–Crippen LogP) is 4.28. The van der Waals surface area contributed by atoms with E-state index in [0.717, 1.165) is 6.42 Å². The third kappa shape index (κ3) is 9.28. The van der Waals surface area contributed by atoms with Crippen molar-refractivity contribution in [1.29, 1.82) is 0 Å². The molecule has 1 aromatic rings. The minimum atomic E-state index is 1.07. The van der Waals surface area contributed by atoms with Gasteiger partial charge in [-0.15, -0.1) is 0 Å². The molecule has 0 bridgehead atoms. The van der Waals surface area contributed by atoms with E-state index in [1.165, 1.54) is 12.0 Å². The van der Waals surface area contributed by atoms with Crippen molar-refractivity contribution in [2.45, 2.75) is 47.5 Å². The Morgan fingerprint density at radius 1 is 1.17 bits per heavy atom. The van der Waals surface area contributed by atoms with Gasteiger partial charge < -0.3 is 4.42 Å². The Balaban J connectivity index is 0. The van der Waals surface area contributed by atoms with Gasteiger partial charge in [-0.2, -0.15) is 0 Å². The maximum Gasteiger partial charge on any atom is 0.0934 e. The Morgan fingerprint density at radius 3 is 1.83 bits per heavy atom. The Hall–Kier alpha value is -0.720. The van der Waals surface area contributed by atoms with Gasteiger partial charge in [0.1, 0.15) is 0 Å². The van der Waals surface area contributed by atoms with Gasteiger partial charge in [0.15, 0.2) is 0 Å². The molecular formula is C11H22O. The van der Waals surface area contributed by atoms with Gasteiger partial charge in [-0.05, 0) is 18.1 Å². The van der Waals surface area contributed by atoms with Crippen LogP contribution in [0.5, 0.6) is 0 Å². The molecule has 0 saturated carbocycles. The van der Waals surface area contributed by atoms with E-state index >= 15 is 0 Å². The van der Waals surface area contributed by atoms with Crippen molar-refractivity contribution in [1.82, 2.24) is 0 Å². The van der Waals surface area contributed by atoms with E-state index in [4.69, 9.17) is 4.42 Å². The Labute approximate surface area is 76.8 Å². The molecule has 12 heavy (non-hydrogen) atoms. The highest BCUT2D eigenvalue weighted by Gasteiger charge is 1.83. The van der Waals surface area contributed by atoms with Crippen LogP contribution in [-0.2, 0) is 6.42 Å². The van der Waals surface area contributed by atoms with Gasteiger partial charge in [-0.3, -0.25) is 0 Å². The quantitative estimate of drug-likeness (QED) is 0.613. The van der Waals surface area contributed by atoms with Crippen LogP contribution in [0, 0.1) is 0 Å². The SMILES string of the molecule is CC.CCC.CCc1ccoc1. The van der Waals surface area contributed by atoms with Crippen LogP contribution in [0.4, 0.5) is 0 Å². The monoisotopic (exact) mass is 170 g/mol. The van der Waals surface area contributed by atoms with Gasteiger partial charge in [-0.1, -0.05) is 41.0 Å². The molecule has 0 amide bonds. The summed E-state index contributed by atoms with van der Waals surface area (Å²) in [6.07, 6.45) is 5.77. The van der Waals surface area contributed by atoms with Crippen molar-refractivity contribution in [2.24, 2.45) is 0 Å². The molecule has 0 aromatic carbocycles. The molecule has 1 heterocycles. The van der Waals surface area contributed by atoms with Crippen LogP contribution in [0.15, 0.2) is 23.0 Å². The average Bonchev–Trinajstić information content (AvgIpc) is 2.61. The summed E-state index contributed by atoms with van der Waals surface area (Å²) in [6.45, 7) is 10.4. The lowest BCUT2D eigenvalue weighted by Gasteiger charge is -1.76. The summed E-state index contributed by atoms with van der Waals surface area (Å²) in [7, 11) is 0. The van der Waals surface area contributed by atoms with Crippen molar-refractivity contribution in [2.75, 3.05) is 0 Å². The van der Waals surface area contributed by atoms with Crippen LogP contribution in [0.2, 0.25) is 0 Å². The second-order valence-corrected chi connectivity index (χ2v) is 2.19. The van der Waals surface area contributed by atoms with Gasteiger partial charge in [0.2, 0.25) is 0 Å². The standard InChI is InChI=1S/C6H8O.C3H8.C2H6/c1-2-6-3-4-7-5-6;1-3-2;1-2/h3-5H,2H2,1H3;3H2,1-2H3;1-2H3. The van der Waals surface area contributed by atoms with E-state index in [2.05, 4.69) is 20.8 Å². The number of aryl methyl sites for hydroxylation is 1. The fourth-order valence-electron chi connectivity index (χ4n) is 0.494. The normalized spacial score (nSPS) is 7.42. The van der Waals surface area contributed by atoms with Crippen molar-refractivity contribution < 1.29 is 4.42 Å². The lowest BCUT2D eigenvalue weighted by Crippen LogP contribution is -1.66. The van der Waals surface area contributed by atoms with Crippen molar-refractivity contribution in [3.8, 4) is 0 Å². The summed E-state index contributed by atoms with van der Waals surface area (Å²) in [5.41, 5.74) is 1.26. The fraction of sp³-hybridized carbons (Fsp3) is 0.636. The third-order valence-electron chi connectivity index (χ3n) is 0.988. The molecule has 0 spiro atoms. The van der Waals surface area contributed by atoms with Gasteiger partial charge in [-0.25, -0.2) is 0 Å². The maximum atomic E-state index is 4.81. The smallest absolute Gasteiger partial charge is 0.0934 e. The Morgan fingerprint density at radius 2 is 1.67 bits per heavy atom. The van der Waals surface area contributed by atoms with Crippen LogP contribution in [-0.4, -0.2) is 0 Å². The van der Waals surface area contributed by atoms with E-state index in [-0.39, 0.29) is 0 Å². The fourth-order valence-corrected chi connectivity index (χ4v) is 0.494. The van der Waals surface area contributed by atoms with E-state index in [1.807, 2.05) is 19.9 Å². The number of rotatable bonds is 1. The van der Waals surface area contributed by atoms with Crippen LogP contribution in [0.1, 0.15) is 46.6 Å². The minimum Gasteiger partial charge on any atom is -0.472 e. The molecule has 1 aromatic heterocycles. The molecule has 0 aliphatic rings. The first-order valence-electron chi connectivity index (χ1n) is 4.86. The molecule has 72 valence electrons. The number of furan rings is 1. The summed E-state index contributed by atoms with van der Waals surface area (Å²) < 4.78 is 4.81. The van der Waals surface area contributed by atoms with E-state index in [1.54, 1.807) is 12.5 Å². The Kier molecular flexibility index (Phi) is 14.9. The second-order valence-electron chi connectivity index (χ2n) is 2.19. The molecule has 0 unspecified atom stereocenters. The second kappa shape index (κ2) is 12.9. The number of hydrogen-bond acceptors (Lipinski definition) is 1. The molecule has 1 nitrogen and oxygen atoms in total. The molecule has 0 aliphatic carbocycles. The highest BCUT2D eigenvalue weighted by molar-refractivity contribution is 5.03. The summed E-state index contributed by atoms with van der Waals surface area (Å²) in [5, 5.41) is 0. The lowest BCUT2D eigenvalue weighted by atomic mass is 10.3.